The number of carboxylic acid groups (broad SMARTS) is 1. The summed E-state index contributed by atoms with van der Waals surface area (Å²) in [6, 6.07) is 2.67. The van der Waals surface area contributed by atoms with E-state index in [1.165, 1.54) is 0 Å². The van der Waals surface area contributed by atoms with Gasteiger partial charge in [0, 0.05) is 5.56 Å². The van der Waals surface area contributed by atoms with Crippen LogP contribution in [0.2, 0.25) is 0 Å². The summed E-state index contributed by atoms with van der Waals surface area (Å²) in [6.07, 6.45) is 4.27. The number of aryl methyl sites for hydroxylation is 2. The molecule has 3 rings (SSSR count). The molecular formula is C21H25NO6. The minimum Gasteiger partial charge on any atom is -0.483 e. The van der Waals surface area contributed by atoms with Gasteiger partial charge in [0.05, 0.1) is 5.39 Å². The highest BCUT2D eigenvalue weighted by atomic mass is 16.5. The lowest BCUT2D eigenvalue weighted by Gasteiger charge is -2.16. The predicted molar refractivity (Wildman–Crippen MR) is 104 cm³/mol. The van der Waals surface area contributed by atoms with Gasteiger partial charge < -0.3 is 19.6 Å². The fourth-order valence-electron chi connectivity index (χ4n) is 3.66. The fraction of sp³-hybridized carbons (Fsp3) is 0.476. The molecular weight excluding hydrogens is 362 g/mol. The number of ether oxygens (including phenoxy) is 1. The summed E-state index contributed by atoms with van der Waals surface area (Å²) in [6.45, 7) is 3.51. The zero-order chi connectivity index (χ0) is 20.3. The molecule has 1 atom stereocenters. The third-order valence-electron chi connectivity index (χ3n) is 5.02. The van der Waals surface area contributed by atoms with Crippen LogP contribution in [0, 0.1) is 6.92 Å². The van der Waals surface area contributed by atoms with Crippen molar-refractivity contribution in [1.82, 2.24) is 5.32 Å². The fourth-order valence-corrected chi connectivity index (χ4v) is 3.66. The molecule has 2 aromatic rings. The van der Waals surface area contributed by atoms with Crippen LogP contribution in [-0.2, 0) is 22.4 Å². The summed E-state index contributed by atoms with van der Waals surface area (Å²) in [5.74, 6) is -1.07. The molecule has 1 aliphatic rings. The lowest BCUT2D eigenvalue weighted by atomic mass is 10.0. The molecule has 1 amide bonds. The molecule has 1 heterocycles. The van der Waals surface area contributed by atoms with Gasteiger partial charge in [-0.1, -0.05) is 19.8 Å². The zero-order valence-corrected chi connectivity index (χ0v) is 16.2. The highest BCUT2D eigenvalue weighted by Gasteiger charge is 2.23. The van der Waals surface area contributed by atoms with E-state index in [9.17, 15) is 19.5 Å². The molecule has 0 bridgehead atoms. The molecule has 0 spiro atoms. The van der Waals surface area contributed by atoms with E-state index in [0.717, 1.165) is 35.8 Å². The molecule has 0 fully saturated rings. The first-order chi connectivity index (χ1) is 13.4. The normalized spacial score (nSPS) is 13.9. The summed E-state index contributed by atoms with van der Waals surface area (Å²) >= 11 is 0. The Morgan fingerprint density at radius 2 is 2.04 bits per heavy atom. The van der Waals surface area contributed by atoms with Gasteiger partial charge in [0.2, 0.25) is 0 Å². The van der Waals surface area contributed by atoms with Gasteiger partial charge in [-0.05, 0) is 55.9 Å². The van der Waals surface area contributed by atoms with E-state index in [2.05, 4.69) is 5.32 Å². The number of aliphatic carboxylic acids is 1. The minimum atomic E-state index is -1.05. The largest absolute Gasteiger partial charge is 0.483 e. The number of hydrogen-bond acceptors (Lipinski definition) is 5. The van der Waals surface area contributed by atoms with Gasteiger partial charge in [0.15, 0.2) is 6.61 Å². The van der Waals surface area contributed by atoms with Crippen LogP contribution >= 0.6 is 0 Å². The summed E-state index contributed by atoms with van der Waals surface area (Å²) < 4.78 is 11.2. The number of benzene rings is 1. The number of amides is 1. The average molecular weight is 387 g/mol. The van der Waals surface area contributed by atoms with E-state index in [1.807, 2.05) is 13.8 Å². The molecule has 7 nitrogen and oxygen atoms in total. The van der Waals surface area contributed by atoms with E-state index in [1.54, 1.807) is 12.1 Å². The number of unbranched alkanes of at least 4 members (excludes halogenated alkanes) is 1. The zero-order valence-electron chi connectivity index (χ0n) is 16.2. The highest BCUT2D eigenvalue weighted by molar-refractivity contribution is 5.90. The van der Waals surface area contributed by atoms with E-state index in [0.29, 0.717) is 36.2 Å². The SMILES string of the molecule is CCCC[C@@H](NC(=O)COc1cc(C)cc2oc(=O)c3c(c12)CCC3)C(=O)O. The Hall–Kier alpha value is -2.83. The number of carbonyl (C=O) groups is 2. The number of hydrogen-bond donors (Lipinski definition) is 2. The Morgan fingerprint density at radius 3 is 2.75 bits per heavy atom. The van der Waals surface area contributed by atoms with Gasteiger partial charge in [-0.3, -0.25) is 4.79 Å². The van der Waals surface area contributed by atoms with Crippen molar-refractivity contribution in [2.45, 2.75) is 58.4 Å². The van der Waals surface area contributed by atoms with Crippen LogP contribution in [0.3, 0.4) is 0 Å². The summed E-state index contributed by atoms with van der Waals surface area (Å²) in [4.78, 5) is 35.7. The quantitative estimate of drug-likeness (QED) is 0.675. The molecule has 0 saturated heterocycles. The van der Waals surface area contributed by atoms with Crippen molar-refractivity contribution >= 4 is 22.8 Å². The summed E-state index contributed by atoms with van der Waals surface area (Å²) in [5.41, 5.74) is 2.58. The molecule has 1 aromatic carbocycles. The number of nitrogens with one attached hydrogen (secondary N) is 1. The van der Waals surface area contributed by atoms with Crippen molar-refractivity contribution in [2.75, 3.05) is 6.61 Å². The van der Waals surface area contributed by atoms with E-state index < -0.39 is 17.9 Å². The van der Waals surface area contributed by atoms with E-state index in [4.69, 9.17) is 9.15 Å². The Labute approximate surface area is 162 Å². The topological polar surface area (TPSA) is 106 Å². The number of carboxylic acids is 1. The maximum atomic E-state index is 12.2. The average Bonchev–Trinajstić information content (AvgIpc) is 3.13. The van der Waals surface area contributed by atoms with Gasteiger partial charge in [0.1, 0.15) is 17.4 Å². The first-order valence-corrected chi connectivity index (χ1v) is 9.65. The van der Waals surface area contributed by atoms with E-state index >= 15 is 0 Å². The second-order valence-electron chi connectivity index (χ2n) is 7.23. The number of carbonyl (C=O) groups excluding carboxylic acids is 1. The Kier molecular flexibility index (Phi) is 6.02. The predicted octanol–water partition coefficient (Wildman–Crippen LogP) is 2.73. The molecule has 1 aromatic heterocycles. The maximum Gasteiger partial charge on any atom is 0.339 e. The Balaban J connectivity index is 1.81. The molecule has 0 unspecified atom stereocenters. The summed E-state index contributed by atoms with van der Waals surface area (Å²) in [7, 11) is 0. The van der Waals surface area contributed by atoms with Gasteiger partial charge >= 0.3 is 11.6 Å². The lowest BCUT2D eigenvalue weighted by Crippen LogP contribution is -2.42. The van der Waals surface area contributed by atoms with Crippen molar-refractivity contribution < 1.29 is 23.8 Å². The first-order valence-electron chi connectivity index (χ1n) is 9.65. The molecule has 2 N–H and O–H groups in total. The summed E-state index contributed by atoms with van der Waals surface area (Å²) in [5, 5.41) is 12.5. The van der Waals surface area contributed by atoms with Crippen molar-refractivity contribution in [2.24, 2.45) is 0 Å². The van der Waals surface area contributed by atoms with Crippen LogP contribution < -0.4 is 15.7 Å². The molecule has 150 valence electrons. The van der Waals surface area contributed by atoms with Gasteiger partial charge in [-0.25, -0.2) is 9.59 Å². The van der Waals surface area contributed by atoms with Crippen LogP contribution in [0.5, 0.6) is 5.75 Å². The van der Waals surface area contributed by atoms with Gasteiger partial charge in [0.25, 0.3) is 5.91 Å². The molecule has 1 aliphatic carbocycles. The molecule has 7 heteroatoms. The molecule has 28 heavy (non-hydrogen) atoms. The lowest BCUT2D eigenvalue weighted by molar-refractivity contribution is -0.142. The third kappa shape index (κ3) is 4.18. The maximum absolute atomic E-state index is 12.2. The van der Waals surface area contributed by atoms with Crippen LogP contribution in [0.15, 0.2) is 21.3 Å². The molecule has 0 radical (unpaired) electrons. The van der Waals surface area contributed by atoms with Crippen LogP contribution in [0.25, 0.3) is 11.0 Å². The van der Waals surface area contributed by atoms with E-state index in [-0.39, 0.29) is 12.2 Å². The van der Waals surface area contributed by atoms with Crippen molar-refractivity contribution in [1.29, 1.82) is 0 Å². The van der Waals surface area contributed by atoms with Crippen molar-refractivity contribution in [3.05, 3.63) is 39.2 Å². The Morgan fingerprint density at radius 1 is 1.29 bits per heavy atom. The van der Waals surface area contributed by atoms with Crippen molar-refractivity contribution in [3.8, 4) is 5.75 Å². The smallest absolute Gasteiger partial charge is 0.339 e. The van der Waals surface area contributed by atoms with Crippen LogP contribution in [0.4, 0.5) is 0 Å². The third-order valence-corrected chi connectivity index (χ3v) is 5.02. The second kappa shape index (κ2) is 8.46. The number of rotatable bonds is 8. The van der Waals surface area contributed by atoms with Crippen molar-refractivity contribution in [3.63, 3.8) is 0 Å². The number of fused-ring (bicyclic) bond motifs is 3. The van der Waals surface area contributed by atoms with Crippen LogP contribution in [-0.4, -0.2) is 29.6 Å². The standard InChI is InChI=1S/C21H25NO6/c1-3-4-8-15(20(24)25)22-18(23)11-27-16-9-12(2)10-17-19(16)13-6-5-7-14(13)21(26)28-17/h9-10,15H,3-8,11H2,1-2H3,(H,22,23)(H,24,25)/t15-/m1/s1. The monoisotopic (exact) mass is 387 g/mol. The Bertz CT molecular complexity index is 962. The highest BCUT2D eigenvalue weighted by Crippen LogP contribution is 2.35. The molecule has 0 aliphatic heterocycles. The molecule has 0 saturated carbocycles. The second-order valence-corrected chi connectivity index (χ2v) is 7.23. The van der Waals surface area contributed by atoms with Gasteiger partial charge in [-0.15, -0.1) is 0 Å². The minimum absolute atomic E-state index is 0.303. The van der Waals surface area contributed by atoms with Gasteiger partial charge in [-0.2, -0.15) is 0 Å². The van der Waals surface area contributed by atoms with Crippen LogP contribution in [0.1, 0.15) is 49.3 Å². The first kappa shape index (κ1) is 19.9.